The molecule has 0 atom stereocenters. The lowest BCUT2D eigenvalue weighted by Crippen LogP contribution is -2.10. The summed E-state index contributed by atoms with van der Waals surface area (Å²) in [4.78, 5) is 18.4. The summed E-state index contributed by atoms with van der Waals surface area (Å²) in [5, 5.41) is 8.88. The second-order valence-electron chi connectivity index (χ2n) is 3.99. The number of fused-ring (bicyclic) bond motifs is 1. The minimum atomic E-state index is -4.54. The van der Waals surface area contributed by atoms with E-state index < -0.39 is 24.1 Å². The largest absolute Gasteiger partial charge is 0.481 e. The molecule has 1 aromatic carbocycles. The summed E-state index contributed by atoms with van der Waals surface area (Å²) in [7, 11) is 0. The normalized spacial score (nSPS) is 11.8. The quantitative estimate of drug-likeness (QED) is 0.911. The molecule has 19 heavy (non-hydrogen) atoms. The molecule has 2 aromatic rings. The Morgan fingerprint density at radius 1 is 1.32 bits per heavy atom. The first-order valence-corrected chi connectivity index (χ1v) is 5.34. The maximum Gasteiger partial charge on any atom is 0.418 e. The van der Waals surface area contributed by atoms with Crippen LogP contribution < -0.4 is 0 Å². The number of aromatic nitrogens is 2. The molecular formula is C12H9F3N2O2. The average molecular weight is 270 g/mol. The predicted octanol–water partition coefficient (Wildman–Crippen LogP) is 2.58. The number of hydrogen-bond acceptors (Lipinski definition) is 3. The van der Waals surface area contributed by atoms with E-state index >= 15 is 0 Å². The number of halogens is 3. The molecule has 7 heteroatoms. The maximum atomic E-state index is 12.9. The lowest BCUT2D eigenvalue weighted by molar-refractivity contribution is -0.137. The van der Waals surface area contributed by atoms with E-state index in [1.54, 1.807) is 0 Å². The standard InChI is InChI=1S/C12H9F3N2O2/c1-6-16-9(5-10(18)19)7-3-2-4-8(11(7)17-6)12(13,14)15/h2-4H,5H2,1H3,(H,18,19). The monoisotopic (exact) mass is 270 g/mol. The highest BCUT2D eigenvalue weighted by Crippen LogP contribution is 2.34. The first-order valence-electron chi connectivity index (χ1n) is 5.34. The van der Waals surface area contributed by atoms with E-state index in [9.17, 15) is 18.0 Å². The van der Waals surface area contributed by atoms with E-state index in [2.05, 4.69) is 9.97 Å². The van der Waals surface area contributed by atoms with Crippen molar-refractivity contribution in [3.8, 4) is 0 Å². The van der Waals surface area contributed by atoms with Crippen LogP contribution in [0.5, 0.6) is 0 Å². The van der Waals surface area contributed by atoms with Gasteiger partial charge in [-0.3, -0.25) is 4.79 Å². The number of carboxylic acids is 1. The second-order valence-corrected chi connectivity index (χ2v) is 3.99. The molecule has 2 rings (SSSR count). The fraction of sp³-hybridized carbons (Fsp3) is 0.250. The molecular weight excluding hydrogens is 261 g/mol. The Bertz CT molecular complexity index is 653. The van der Waals surface area contributed by atoms with Crippen LogP contribution in [0.15, 0.2) is 18.2 Å². The van der Waals surface area contributed by atoms with Crippen molar-refractivity contribution in [2.24, 2.45) is 0 Å². The van der Waals surface area contributed by atoms with Crippen molar-refractivity contribution >= 4 is 16.9 Å². The molecule has 0 radical (unpaired) electrons. The molecule has 0 aliphatic carbocycles. The summed E-state index contributed by atoms with van der Waals surface area (Å²) >= 11 is 0. The Labute approximate surface area is 105 Å². The summed E-state index contributed by atoms with van der Waals surface area (Å²) < 4.78 is 38.6. The predicted molar refractivity (Wildman–Crippen MR) is 60.6 cm³/mol. The summed E-state index contributed by atoms with van der Waals surface area (Å²) in [6, 6.07) is 3.52. The molecule has 0 fully saturated rings. The Hall–Kier alpha value is -2.18. The molecule has 0 aliphatic heterocycles. The van der Waals surface area contributed by atoms with Crippen molar-refractivity contribution in [3.63, 3.8) is 0 Å². The van der Waals surface area contributed by atoms with Gasteiger partial charge in [0.25, 0.3) is 0 Å². The summed E-state index contributed by atoms with van der Waals surface area (Å²) in [6.45, 7) is 1.43. The fourth-order valence-corrected chi connectivity index (χ4v) is 1.85. The zero-order valence-electron chi connectivity index (χ0n) is 9.82. The van der Waals surface area contributed by atoms with Gasteiger partial charge in [0.1, 0.15) is 5.82 Å². The van der Waals surface area contributed by atoms with Crippen molar-refractivity contribution in [1.82, 2.24) is 9.97 Å². The molecule has 1 heterocycles. The molecule has 0 saturated heterocycles. The van der Waals surface area contributed by atoms with Crippen LogP contribution in [0.4, 0.5) is 13.2 Å². The van der Waals surface area contributed by atoms with E-state index in [1.165, 1.54) is 19.1 Å². The number of para-hydroxylation sites is 1. The van der Waals surface area contributed by atoms with Crippen LogP contribution in [0.25, 0.3) is 10.9 Å². The highest BCUT2D eigenvalue weighted by atomic mass is 19.4. The van der Waals surface area contributed by atoms with Crippen LogP contribution in [0, 0.1) is 6.92 Å². The Morgan fingerprint density at radius 2 is 2.00 bits per heavy atom. The van der Waals surface area contributed by atoms with Gasteiger partial charge in [0.15, 0.2) is 0 Å². The average Bonchev–Trinajstić information content (AvgIpc) is 2.25. The maximum absolute atomic E-state index is 12.9. The van der Waals surface area contributed by atoms with Crippen molar-refractivity contribution in [2.45, 2.75) is 19.5 Å². The fourth-order valence-electron chi connectivity index (χ4n) is 1.85. The molecule has 0 spiro atoms. The minimum absolute atomic E-state index is 0.0844. The third-order valence-electron chi connectivity index (χ3n) is 2.54. The third kappa shape index (κ3) is 2.64. The molecule has 0 amide bonds. The van der Waals surface area contributed by atoms with Gasteiger partial charge in [0, 0.05) is 5.39 Å². The van der Waals surface area contributed by atoms with E-state index in [1.807, 2.05) is 0 Å². The number of carboxylic acid groups (broad SMARTS) is 1. The van der Waals surface area contributed by atoms with Crippen molar-refractivity contribution in [3.05, 3.63) is 35.3 Å². The topological polar surface area (TPSA) is 63.1 Å². The van der Waals surface area contributed by atoms with E-state index in [-0.39, 0.29) is 22.4 Å². The number of rotatable bonds is 2. The number of hydrogen-bond donors (Lipinski definition) is 1. The first-order chi connectivity index (χ1) is 8.79. The molecule has 0 aliphatic rings. The summed E-state index contributed by atoms with van der Waals surface area (Å²) in [5.41, 5.74) is -1.07. The Kier molecular flexibility index (Phi) is 3.13. The Balaban J connectivity index is 2.77. The zero-order valence-corrected chi connectivity index (χ0v) is 9.82. The Morgan fingerprint density at radius 3 is 2.58 bits per heavy atom. The first kappa shape index (κ1) is 13.3. The molecule has 0 unspecified atom stereocenters. The number of aryl methyl sites for hydroxylation is 1. The second kappa shape index (κ2) is 4.49. The smallest absolute Gasteiger partial charge is 0.418 e. The zero-order chi connectivity index (χ0) is 14.2. The van der Waals surface area contributed by atoms with E-state index in [0.29, 0.717) is 0 Å². The van der Waals surface area contributed by atoms with Crippen molar-refractivity contribution in [1.29, 1.82) is 0 Å². The molecule has 0 saturated carbocycles. The highest BCUT2D eigenvalue weighted by molar-refractivity contribution is 5.87. The van der Waals surface area contributed by atoms with Crippen LogP contribution >= 0.6 is 0 Å². The number of alkyl halides is 3. The molecule has 1 aromatic heterocycles. The van der Waals surface area contributed by atoms with Crippen LogP contribution in [-0.4, -0.2) is 21.0 Å². The molecule has 0 bridgehead atoms. The SMILES string of the molecule is Cc1nc(CC(=O)O)c2cccc(C(F)(F)F)c2n1. The van der Waals surface area contributed by atoms with Gasteiger partial charge in [0.05, 0.1) is 23.2 Å². The van der Waals surface area contributed by atoms with Gasteiger partial charge >= 0.3 is 12.1 Å². The number of benzene rings is 1. The minimum Gasteiger partial charge on any atom is -0.481 e. The molecule has 1 N–H and O–H groups in total. The van der Waals surface area contributed by atoms with Gasteiger partial charge in [-0.2, -0.15) is 13.2 Å². The van der Waals surface area contributed by atoms with Crippen LogP contribution in [0.3, 0.4) is 0 Å². The van der Waals surface area contributed by atoms with E-state index in [0.717, 1.165) is 6.07 Å². The summed E-state index contributed by atoms with van der Waals surface area (Å²) in [5.74, 6) is -1.04. The van der Waals surface area contributed by atoms with Crippen LogP contribution in [0.1, 0.15) is 17.1 Å². The lowest BCUT2D eigenvalue weighted by Gasteiger charge is -2.11. The third-order valence-corrected chi connectivity index (χ3v) is 2.54. The number of nitrogens with zero attached hydrogens (tertiary/aromatic N) is 2. The summed E-state index contributed by atoms with van der Waals surface area (Å²) in [6.07, 6.45) is -4.98. The van der Waals surface area contributed by atoms with Crippen molar-refractivity contribution < 1.29 is 23.1 Å². The highest BCUT2D eigenvalue weighted by Gasteiger charge is 2.33. The van der Waals surface area contributed by atoms with Gasteiger partial charge in [-0.05, 0) is 13.0 Å². The van der Waals surface area contributed by atoms with Crippen LogP contribution in [0.2, 0.25) is 0 Å². The van der Waals surface area contributed by atoms with Crippen LogP contribution in [-0.2, 0) is 17.4 Å². The van der Waals surface area contributed by atoms with Gasteiger partial charge < -0.3 is 5.11 Å². The molecule has 4 nitrogen and oxygen atoms in total. The number of carbonyl (C=O) groups is 1. The van der Waals surface area contributed by atoms with Crippen molar-refractivity contribution in [2.75, 3.05) is 0 Å². The van der Waals surface area contributed by atoms with Gasteiger partial charge in [0.2, 0.25) is 0 Å². The molecule has 100 valence electrons. The van der Waals surface area contributed by atoms with Gasteiger partial charge in [-0.25, -0.2) is 9.97 Å². The van der Waals surface area contributed by atoms with Gasteiger partial charge in [-0.15, -0.1) is 0 Å². The lowest BCUT2D eigenvalue weighted by atomic mass is 10.1. The number of aliphatic carboxylic acids is 1. The van der Waals surface area contributed by atoms with Gasteiger partial charge in [-0.1, -0.05) is 12.1 Å². The van der Waals surface area contributed by atoms with E-state index in [4.69, 9.17) is 5.11 Å².